The monoisotopic (exact) mass is 456 g/mol. The van der Waals surface area contributed by atoms with Gasteiger partial charge in [0.05, 0.1) is 18.2 Å². The summed E-state index contributed by atoms with van der Waals surface area (Å²) < 4.78 is 5.33. The van der Waals surface area contributed by atoms with E-state index < -0.39 is 12.0 Å². The van der Waals surface area contributed by atoms with E-state index in [0.717, 1.165) is 37.6 Å². The number of nitrogens with one attached hydrogen (secondary N) is 2. The Morgan fingerprint density at radius 1 is 1.12 bits per heavy atom. The molecule has 0 saturated carbocycles. The number of amides is 2. The van der Waals surface area contributed by atoms with Crippen LogP contribution in [0, 0.1) is 0 Å². The van der Waals surface area contributed by atoms with Crippen LogP contribution in [0.5, 0.6) is 0 Å². The predicted molar refractivity (Wildman–Crippen MR) is 120 cm³/mol. The smallest absolute Gasteiger partial charge is 0.338 e. The van der Waals surface area contributed by atoms with Crippen molar-refractivity contribution < 1.29 is 14.3 Å². The summed E-state index contributed by atoms with van der Waals surface area (Å²) in [5.74, 6) is 0.346. The largest absolute Gasteiger partial charge is 0.463 e. The number of carbonyl (C=O) groups is 2. The third-order valence-electron chi connectivity index (χ3n) is 5.48. The summed E-state index contributed by atoms with van der Waals surface area (Å²) in [6, 6.07) is 12.1. The van der Waals surface area contributed by atoms with Gasteiger partial charge in [-0.05, 0) is 24.6 Å². The number of aromatic nitrogens is 2. The number of urea groups is 1. The first kappa shape index (κ1) is 22.0. The van der Waals surface area contributed by atoms with Crippen LogP contribution in [0.15, 0.2) is 53.7 Å². The maximum atomic E-state index is 12.9. The first-order chi connectivity index (χ1) is 15.5. The minimum atomic E-state index is -0.565. The Morgan fingerprint density at radius 3 is 2.53 bits per heavy atom. The molecule has 0 aliphatic carbocycles. The van der Waals surface area contributed by atoms with Gasteiger partial charge in [-0.2, -0.15) is 0 Å². The van der Waals surface area contributed by atoms with E-state index in [2.05, 4.69) is 30.6 Å². The van der Waals surface area contributed by atoms with Crippen molar-refractivity contribution in [1.82, 2.24) is 25.7 Å². The van der Waals surface area contributed by atoms with Crippen molar-refractivity contribution in [2.24, 2.45) is 0 Å². The highest BCUT2D eigenvalue weighted by molar-refractivity contribution is 6.29. The molecule has 1 fully saturated rings. The molecule has 0 spiro atoms. The van der Waals surface area contributed by atoms with Gasteiger partial charge in [0.2, 0.25) is 0 Å². The Hall–Kier alpha value is -3.17. The zero-order valence-electron chi connectivity index (χ0n) is 17.8. The number of benzene rings is 1. The van der Waals surface area contributed by atoms with Gasteiger partial charge in [0, 0.05) is 38.4 Å². The van der Waals surface area contributed by atoms with Gasteiger partial charge in [-0.15, -0.1) is 10.2 Å². The van der Waals surface area contributed by atoms with Gasteiger partial charge in [0.1, 0.15) is 0 Å². The number of rotatable bonds is 6. The normalized spacial score (nSPS) is 19.4. The molecule has 1 aromatic heterocycles. The lowest BCUT2D eigenvalue weighted by atomic mass is 9.95. The Labute approximate surface area is 191 Å². The molecule has 2 N–H and O–H groups in total. The number of carbonyl (C=O) groups excluding carboxylic acids is 2. The molecule has 168 valence electrons. The standard InChI is InChI=1S/C22H25ClN6O3/c1-2-32-21(30)19-16(24-22(31)25-20(19)15-6-4-3-5-7-15)14-28-10-12-29(13-11-28)18-9-8-17(23)26-27-18/h3-9,20H,2,10-14H2,1H3,(H2,24,25,31). The number of hydrogen-bond donors (Lipinski definition) is 2. The molecule has 2 aliphatic rings. The Balaban J connectivity index is 1.53. The topological polar surface area (TPSA) is 99.7 Å². The van der Waals surface area contributed by atoms with Crippen LogP contribution in [0.4, 0.5) is 10.6 Å². The van der Waals surface area contributed by atoms with Crippen LogP contribution in [-0.2, 0) is 9.53 Å². The van der Waals surface area contributed by atoms with E-state index in [9.17, 15) is 9.59 Å². The van der Waals surface area contributed by atoms with Crippen molar-refractivity contribution in [3.05, 3.63) is 64.5 Å². The molecule has 32 heavy (non-hydrogen) atoms. The first-order valence-corrected chi connectivity index (χ1v) is 10.9. The second-order valence-corrected chi connectivity index (χ2v) is 7.92. The van der Waals surface area contributed by atoms with E-state index in [-0.39, 0.29) is 12.6 Å². The predicted octanol–water partition coefficient (Wildman–Crippen LogP) is 2.12. The molecule has 2 aromatic rings. The number of anilines is 1. The average molecular weight is 457 g/mol. The minimum Gasteiger partial charge on any atom is -0.463 e. The summed E-state index contributed by atoms with van der Waals surface area (Å²) in [4.78, 5) is 29.6. The fraction of sp³-hybridized carbons (Fsp3) is 0.364. The highest BCUT2D eigenvalue weighted by Crippen LogP contribution is 2.28. The summed E-state index contributed by atoms with van der Waals surface area (Å²) in [6.45, 7) is 5.42. The van der Waals surface area contributed by atoms with Crippen LogP contribution in [0.25, 0.3) is 0 Å². The summed E-state index contributed by atoms with van der Waals surface area (Å²) >= 11 is 5.83. The fourth-order valence-electron chi connectivity index (χ4n) is 3.92. The van der Waals surface area contributed by atoms with Crippen molar-refractivity contribution in [3.8, 4) is 0 Å². The van der Waals surface area contributed by atoms with Crippen molar-refractivity contribution in [2.75, 3.05) is 44.2 Å². The minimum absolute atomic E-state index is 0.256. The highest BCUT2D eigenvalue weighted by Gasteiger charge is 2.34. The second-order valence-electron chi connectivity index (χ2n) is 7.53. The van der Waals surface area contributed by atoms with E-state index in [0.29, 0.717) is 23.0 Å². The van der Waals surface area contributed by atoms with Crippen LogP contribution >= 0.6 is 11.6 Å². The number of halogens is 1. The van der Waals surface area contributed by atoms with Crippen LogP contribution in [0.2, 0.25) is 5.15 Å². The molecule has 10 heteroatoms. The molecule has 1 saturated heterocycles. The summed E-state index contributed by atoms with van der Waals surface area (Å²) in [5, 5.41) is 14.1. The first-order valence-electron chi connectivity index (χ1n) is 10.5. The van der Waals surface area contributed by atoms with Crippen LogP contribution in [-0.4, -0.2) is 66.4 Å². The average Bonchev–Trinajstić information content (AvgIpc) is 2.80. The van der Waals surface area contributed by atoms with E-state index in [1.54, 1.807) is 13.0 Å². The molecule has 0 radical (unpaired) electrons. The number of nitrogens with zero attached hydrogens (tertiary/aromatic N) is 4. The number of ether oxygens (including phenoxy) is 1. The Bertz CT molecular complexity index is 990. The van der Waals surface area contributed by atoms with Crippen LogP contribution in [0.1, 0.15) is 18.5 Å². The van der Waals surface area contributed by atoms with Crippen molar-refractivity contribution in [2.45, 2.75) is 13.0 Å². The zero-order chi connectivity index (χ0) is 22.5. The van der Waals surface area contributed by atoms with Crippen molar-refractivity contribution >= 4 is 29.4 Å². The van der Waals surface area contributed by atoms with Crippen LogP contribution < -0.4 is 15.5 Å². The van der Waals surface area contributed by atoms with Gasteiger partial charge in [0.15, 0.2) is 11.0 Å². The molecule has 2 aliphatic heterocycles. The zero-order valence-corrected chi connectivity index (χ0v) is 18.5. The van der Waals surface area contributed by atoms with E-state index in [4.69, 9.17) is 16.3 Å². The maximum absolute atomic E-state index is 12.9. The van der Waals surface area contributed by atoms with Gasteiger partial charge < -0.3 is 20.3 Å². The molecule has 1 aromatic carbocycles. The van der Waals surface area contributed by atoms with Gasteiger partial charge >= 0.3 is 12.0 Å². The maximum Gasteiger partial charge on any atom is 0.338 e. The fourth-order valence-corrected chi connectivity index (χ4v) is 4.03. The molecule has 2 amide bonds. The van der Waals surface area contributed by atoms with Gasteiger partial charge in [-0.3, -0.25) is 4.90 Å². The van der Waals surface area contributed by atoms with E-state index >= 15 is 0 Å². The van der Waals surface area contributed by atoms with E-state index in [1.165, 1.54) is 0 Å². The van der Waals surface area contributed by atoms with Crippen LogP contribution in [0.3, 0.4) is 0 Å². The lowest BCUT2D eigenvalue weighted by Gasteiger charge is -2.37. The SMILES string of the molecule is CCOC(=O)C1=C(CN2CCN(c3ccc(Cl)nn3)CC2)NC(=O)NC1c1ccccc1. The van der Waals surface area contributed by atoms with Gasteiger partial charge in [-0.1, -0.05) is 41.9 Å². The van der Waals surface area contributed by atoms with E-state index in [1.807, 2.05) is 36.4 Å². The number of piperazine rings is 1. The molecule has 0 bridgehead atoms. The summed E-state index contributed by atoms with van der Waals surface area (Å²) in [6.07, 6.45) is 0. The highest BCUT2D eigenvalue weighted by atomic mass is 35.5. The van der Waals surface area contributed by atoms with Gasteiger partial charge in [0.25, 0.3) is 0 Å². The third kappa shape index (κ3) is 5.00. The number of hydrogen-bond acceptors (Lipinski definition) is 7. The van der Waals surface area contributed by atoms with Crippen molar-refractivity contribution in [3.63, 3.8) is 0 Å². The quantitative estimate of drug-likeness (QED) is 0.642. The van der Waals surface area contributed by atoms with Crippen molar-refractivity contribution in [1.29, 1.82) is 0 Å². The lowest BCUT2D eigenvalue weighted by molar-refractivity contribution is -0.139. The Kier molecular flexibility index (Phi) is 6.87. The molecule has 1 atom stereocenters. The molecule has 3 heterocycles. The lowest BCUT2D eigenvalue weighted by Crippen LogP contribution is -2.52. The molecule has 1 unspecified atom stereocenters. The summed E-state index contributed by atoms with van der Waals surface area (Å²) in [5.41, 5.74) is 1.83. The third-order valence-corrected chi connectivity index (χ3v) is 5.68. The molecular weight excluding hydrogens is 432 g/mol. The second kappa shape index (κ2) is 9.97. The number of esters is 1. The summed E-state index contributed by atoms with van der Waals surface area (Å²) in [7, 11) is 0. The molecule has 4 rings (SSSR count). The van der Waals surface area contributed by atoms with Gasteiger partial charge in [-0.25, -0.2) is 9.59 Å². The molecular formula is C22H25ClN6O3. The Morgan fingerprint density at radius 2 is 1.88 bits per heavy atom. The molecule has 9 nitrogen and oxygen atoms in total.